The number of aldehydes is 1. The molecule has 0 saturated heterocycles. The van der Waals surface area contributed by atoms with Crippen molar-refractivity contribution >= 4 is 6.29 Å². The average molecular weight is 214 g/mol. The van der Waals surface area contributed by atoms with E-state index in [0.717, 1.165) is 19.1 Å². The van der Waals surface area contributed by atoms with Gasteiger partial charge in [-0.1, -0.05) is 27.7 Å². The molecular weight excluding hydrogens is 188 g/mol. The molecule has 0 aliphatic rings. The zero-order valence-electron chi connectivity index (χ0n) is 11.1. The Bertz CT molecular complexity index is 193. The van der Waals surface area contributed by atoms with Gasteiger partial charge in [-0.3, -0.25) is 0 Å². The van der Waals surface area contributed by atoms with Crippen LogP contribution in [0.25, 0.3) is 0 Å². The maximum absolute atomic E-state index is 10.7. The first-order valence-corrected chi connectivity index (χ1v) is 5.79. The molecule has 0 fully saturated rings. The van der Waals surface area contributed by atoms with Crippen LogP contribution in [0.4, 0.5) is 0 Å². The van der Waals surface area contributed by atoms with Gasteiger partial charge in [0.2, 0.25) is 0 Å². The fourth-order valence-electron chi connectivity index (χ4n) is 1.12. The van der Waals surface area contributed by atoms with Gasteiger partial charge in [-0.25, -0.2) is 0 Å². The summed E-state index contributed by atoms with van der Waals surface area (Å²) in [6.07, 6.45) is 3.17. The van der Waals surface area contributed by atoms with Crippen molar-refractivity contribution in [1.29, 1.82) is 0 Å². The number of hydrogen-bond acceptors (Lipinski definition) is 2. The molecule has 0 aliphatic heterocycles. The second kappa shape index (κ2) is 5.64. The van der Waals surface area contributed by atoms with Crippen LogP contribution < -0.4 is 0 Å². The van der Waals surface area contributed by atoms with Crippen molar-refractivity contribution in [2.24, 2.45) is 11.3 Å². The van der Waals surface area contributed by atoms with Gasteiger partial charge in [0, 0.05) is 5.41 Å². The third kappa shape index (κ3) is 7.55. The molecule has 0 radical (unpaired) electrons. The summed E-state index contributed by atoms with van der Waals surface area (Å²) in [5.74, 6) is 0.701. The summed E-state index contributed by atoms with van der Waals surface area (Å²) < 4.78 is 5.80. The summed E-state index contributed by atoms with van der Waals surface area (Å²) >= 11 is 0. The maximum Gasteiger partial charge on any atom is 0.127 e. The first-order valence-electron chi connectivity index (χ1n) is 5.79. The molecule has 0 aromatic heterocycles. The largest absolute Gasteiger partial charge is 0.375 e. The molecule has 0 atom stereocenters. The second-order valence-electron chi connectivity index (χ2n) is 6.09. The van der Waals surface area contributed by atoms with Crippen molar-refractivity contribution in [1.82, 2.24) is 0 Å². The lowest BCUT2D eigenvalue weighted by atomic mass is 9.94. The monoisotopic (exact) mass is 214 g/mol. The Kier molecular flexibility index (Phi) is 5.50. The predicted molar refractivity (Wildman–Crippen MR) is 63.9 cm³/mol. The highest BCUT2D eigenvalue weighted by Crippen LogP contribution is 2.23. The van der Waals surface area contributed by atoms with Gasteiger partial charge >= 0.3 is 0 Å². The Hall–Kier alpha value is -0.370. The van der Waals surface area contributed by atoms with Crippen LogP contribution in [0.3, 0.4) is 0 Å². The summed E-state index contributed by atoms with van der Waals surface area (Å²) in [6, 6.07) is 0. The summed E-state index contributed by atoms with van der Waals surface area (Å²) in [5, 5.41) is 0. The van der Waals surface area contributed by atoms with Crippen LogP contribution in [0, 0.1) is 11.3 Å². The molecule has 90 valence electrons. The normalized spacial score (nSPS) is 13.3. The summed E-state index contributed by atoms with van der Waals surface area (Å²) in [5.41, 5.74) is -0.486. The van der Waals surface area contributed by atoms with Gasteiger partial charge in [-0.2, -0.15) is 0 Å². The molecule has 2 nitrogen and oxygen atoms in total. The van der Waals surface area contributed by atoms with Gasteiger partial charge in [0.15, 0.2) is 0 Å². The van der Waals surface area contributed by atoms with E-state index in [1.54, 1.807) is 0 Å². The molecule has 0 unspecified atom stereocenters. The van der Waals surface area contributed by atoms with Crippen molar-refractivity contribution in [3.63, 3.8) is 0 Å². The first-order chi connectivity index (χ1) is 6.68. The SMILES string of the molecule is CC(C)CCC(C)(C)OCC(C)(C)C=O. The summed E-state index contributed by atoms with van der Waals surface area (Å²) in [6.45, 7) is 12.9. The van der Waals surface area contributed by atoms with Gasteiger partial charge in [0.1, 0.15) is 6.29 Å². The van der Waals surface area contributed by atoms with Gasteiger partial charge in [0.25, 0.3) is 0 Å². The van der Waals surface area contributed by atoms with Gasteiger partial charge in [-0.05, 0) is 32.6 Å². The van der Waals surface area contributed by atoms with Crippen LogP contribution in [0.15, 0.2) is 0 Å². The molecule has 0 aromatic rings. The minimum Gasteiger partial charge on any atom is -0.375 e. The predicted octanol–water partition coefficient (Wildman–Crippen LogP) is 3.44. The van der Waals surface area contributed by atoms with E-state index in [9.17, 15) is 4.79 Å². The van der Waals surface area contributed by atoms with E-state index in [1.165, 1.54) is 0 Å². The Morgan fingerprint density at radius 2 is 1.73 bits per heavy atom. The number of carbonyl (C=O) groups excluding carboxylic acids is 1. The maximum atomic E-state index is 10.7. The van der Waals surface area contributed by atoms with E-state index in [-0.39, 0.29) is 11.0 Å². The first kappa shape index (κ1) is 14.6. The van der Waals surface area contributed by atoms with E-state index >= 15 is 0 Å². The minimum absolute atomic E-state index is 0.120. The third-order valence-electron chi connectivity index (χ3n) is 2.48. The highest BCUT2D eigenvalue weighted by Gasteiger charge is 2.24. The van der Waals surface area contributed by atoms with Crippen LogP contribution in [-0.2, 0) is 9.53 Å². The quantitative estimate of drug-likeness (QED) is 0.607. The van der Waals surface area contributed by atoms with E-state index in [2.05, 4.69) is 27.7 Å². The van der Waals surface area contributed by atoms with E-state index in [1.807, 2.05) is 13.8 Å². The smallest absolute Gasteiger partial charge is 0.127 e. The minimum atomic E-state index is -0.366. The molecular formula is C13H26O2. The van der Waals surface area contributed by atoms with Gasteiger partial charge in [0.05, 0.1) is 12.2 Å². The average Bonchev–Trinajstić information content (AvgIpc) is 2.13. The van der Waals surface area contributed by atoms with Crippen molar-refractivity contribution < 1.29 is 9.53 Å². The molecule has 0 saturated carbocycles. The van der Waals surface area contributed by atoms with E-state index in [0.29, 0.717) is 12.5 Å². The molecule has 0 N–H and O–H groups in total. The van der Waals surface area contributed by atoms with Crippen LogP contribution in [-0.4, -0.2) is 18.5 Å². The Morgan fingerprint density at radius 1 is 1.20 bits per heavy atom. The van der Waals surface area contributed by atoms with Crippen molar-refractivity contribution in [2.45, 2.75) is 60.0 Å². The van der Waals surface area contributed by atoms with Crippen LogP contribution in [0.2, 0.25) is 0 Å². The standard InChI is InChI=1S/C13H26O2/c1-11(2)7-8-13(5,6)15-10-12(3,4)9-14/h9,11H,7-8,10H2,1-6H3. The lowest BCUT2D eigenvalue weighted by molar-refractivity contribution is -0.122. The van der Waals surface area contributed by atoms with E-state index < -0.39 is 0 Å². The van der Waals surface area contributed by atoms with Crippen molar-refractivity contribution in [2.75, 3.05) is 6.61 Å². The number of carbonyl (C=O) groups is 1. The van der Waals surface area contributed by atoms with Crippen LogP contribution >= 0.6 is 0 Å². The molecule has 0 heterocycles. The lowest BCUT2D eigenvalue weighted by Gasteiger charge is -2.29. The molecule has 0 spiro atoms. The third-order valence-corrected chi connectivity index (χ3v) is 2.48. The van der Waals surface area contributed by atoms with Crippen LogP contribution in [0.5, 0.6) is 0 Å². The highest BCUT2D eigenvalue weighted by atomic mass is 16.5. The highest BCUT2D eigenvalue weighted by molar-refractivity contribution is 5.57. The zero-order chi connectivity index (χ0) is 12.1. The number of hydrogen-bond donors (Lipinski definition) is 0. The molecule has 2 heteroatoms. The van der Waals surface area contributed by atoms with Crippen molar-refractivity contribution in [3.05, 3.63) is 0 Å². The van der Waals surface area contributed by atoms with Crippen molar-refractivity contribution in [3.8, 4) is 0 Å². The summed E-state index contributed by atoms with van der Waals surface area (Å²) in [7, 11) is 0. The topological polar surface area (TPSA) is 26.3 Å². The Balaban J connectivity index is 3.98. The Morgan fingerprint density at radius 3 is 2.13 bits per heavy atom. The van der Waals surface area contributed by atoms with E-state index in [4.69, 9.17) is 4.74 Å². The summed E-state index contributed by atoms with van der Waals surface area (Å²) in [4.78, 5) is 10.7. The zero-order valence-corrected chi connectivity index (χ0v) is 11.1. The van der Waals surface area contributed by atoms with Gasteiger partial charge < -0.3 is 9.53 Å². The molecule has 0 rings (SSSR count). The van der Waals surface area contributed by atoms with Gasteiger partial charge in [-0.15, -0.1) is 0 Å². The number of rotatable bonds is 7. The fourth-order valence-corrected chi connectivity index (χ4v) is 1.12. The number of ether oxygens (including phenoxy) is 1. The lowest BCUT2D eigenvalue weighted by Crippen LogP contribution is -2.31. The molecule has 0 amide bonds. The fraction of sp³-hybridized carbons (Fsp3) is 0.923. The molecule has 0 aliphatic carbocycles. The van der Waals surface area contributed by atoms with Crippen LogP contribution in [0.1, 0.15) is 54.4 Å². The second-order valence-corrected chi connectivity index (χ2v) is 6.09. The Labute approximate surface area is 94.4 Å². The molecule has 0 aromatic carbocycles. The molecule has 15 heavy (non-hydrogen) atoms. The molecule has 0 bridgehead atoms.